The third-order valence-electron chi connectivity index (χ3n) is 3.58. The minimum absolute atomic E-state index is 0.189. The number of carbonyl (C=O) groups is 2. The SMILES string of the molecule is COCCCNC(=O)[C@H]1CS[C@@H](Cc2ccccc2F)C(=O)N1. The summed E-state index contributed by atoms with van der Waals surface area (Å²) in [6, 6.07) is 5.90. The lowest BCUT2D eigenvalue weighted by molar-refractivity contribution is -0.128. The van der Waals surface area contributed by atoms with Gasteiger partial charge in [-0.05, 0) is 24.5 Å². The molecule has 1 aliphatic heterocycles. The lowest BCUT2D eigenvalue weighted by atomic mass is 10.1. The third-order valence-corrected chi connectivity index (χ3v) is 4.89. The highest BCUT2D eigenvalue weighted by molar-refractivity contribution is 8.00. The van der Waals surface area contributed by atoms with Crippen molar-refractivity contribution in [2.24, 2.45) is 0 Å². The van der Waals surface area contributed by atoms with Gasteiger partial charge < -0.3 is 15.4 Å². The van der Waals surface area contributed by atoms with Crippen molar-refractivity contribution in [2.45, 2.75) is 24.1 Å². The van der Waals surface area contributed by atoms with Crippen molar-refractivity contribution in [1.29, 1.82) is 0 Å². The minimum Gasteiger partial charge on any atom is -0.385 e. The highest BCUT2D eigenvalue weighted by Gasteiger charge is 2.32. The number of methoxy groups -OCH3 is 1. The van der Waals surface area contributed by atoms with E-state index in [1.165, 1.54) is 17.8 Å². The fourth-order valence-electron chi connectivity index (χ4n) is 2.30. The predicted octanol–water partition coefficient (Wildman–Crippen LogP) is 1.12. The standard InChI is InChI=1S/C16H21FN2O3S/c1-22-8-4-7-18-15(20)13-10-23-14(16(21)19-13)9-11-5-2-3-6-12(11)17/h2-3,5-6,13-14H,4,7-10H2,1H3,(H,18,20)(H,19,21)/t13-,14+/m1/s1. The van der Waals surface area contributed by atoms with E-state index >= 15 is 0 Å². The molecular weight excluding hydrogens is 319 g/mol. The summed E-state index contributed by atoms with van der Waals surface area (Å²) in [6.45, 7) is 1.10. The molecule has 0 aromatic heterocycles. The van der Waals surface area contributed by atoms with Gasteiger partial charge in [-0.1, -0.05) is 18.2 Å². The monoisotopic (exact) mass is 340 g/mol. The van der Waals surface area contributed by atoms with Gasteiger partial charge in [0.2, 0.25) is 11.8 Å². The van der Waals surface area contributed by atoms with Crippen molar-refractivity contribution in [1.82, 2.24) is 10.6 Å². The second-order valence-corrected chi connectivity index (χ2v) is 6.55. The molecule has 126 valence electrons. The van der Waals surface area contributed by atoms with Crippen LogP contribution in [0.4, 0.5) is 4.39 Å². The van der Waals surface area contributed by atoms with Gasteiger partial charge in [-0.2, -0.15) is 0 Å². The highest BCUT2D eigenvalue weighted by Crippen LogP contribution is 2.23. The first-order valence-electron chi connectivity index (χ1n) is 7.54. The Morgan fingerprint density at radius 2 is 2.26 bits per heavy atom. The molecule has 1 heterocycles. The zero-order chi connectivity index (χ0) is 16.7. The number of hydrogen-bond acceptors (Lipinski definition) is 4. The fourth-order valence-corrected chi connectivity index (χ4v) is 3.48. The van der Waals surface area contributed by atoms with Crippen LogP contribution in [-0.4, -0.2) is 49.1 Å². The van der Waals surface area contributed by atoms with Crippen LogP contribution in [0.2, 0.25) is 0 Å². The number of rotatable bonds is 7. The van der Waals surface area contributed by atoms with E-state index in [1.54, 1.807) is 25.3 Å². The quantitative estimate of drug-likeness (QED) is 0.730. The Hall–Kier alpha value is -1.60. The zero-order valence-corrected chi connectivity index (χ0v) is 13.8. The number of nitrogens with one attached hydrogen (secondary N) is 2. The number of thioether (sulfide) groups is 1. The molecule has 1 aromatic carbocycles. The van der Waals surface area contributed by atoms with E-state index in [0.717, 1.165) is 6.42 Å². The number of hydrogen-bond donors (Lipinski definition) is 2. The van der Waals surface area contributed by atoms with E-state index in [4.69, 9.17) is 4.74 Å². The first kappa shape index (κ1) is 17.7. The minimum atomic E-state index is -0.535. The molecule has 0 radical (unpaired) electrons. The highest BCUT2D eigenvalue weighted by atomic mass is 32.2. The summed E-state index contributed by atoms with van der Waals surface area (Å²) in [7, 11) is 1.61. The van der Waals surface area contributed by atoms with Gasteiger partial charge in [0.1, 0.15) is 11.9 Å². The van der Waals surface area contributed by atoms with Gasteiger partial charge in [0.05, 0.1) is 5.25 Å². The van der Waals surface area contributed by atoms with Gasteiger partial charge >= 0.3 is 0 Å². The molecule has 1 aliphatic rings. The Balaban J connectivity index is 1.81. The predicted molar refractivity (Wildman–Crippen MR) is 87.8 cm³/mol. The first-order chi connectivity index (χ1) is 11.1. The summed E-state index contributed by atoms with van der Waals surface area (Å²) >= 11 is 1.39. The van der Waals surface area contributed by atoms with E-state index in [9.17, 15) is 14.0 Å². The lowest BCUT2D eigenvalue weighted by Gasteiger charge is -2.28. The molecule has 23 heavy (non-hydrogen) atoms. The number of carbonyl (C=O) groups excluding carboxylic acids is 2. The normalized spacial score (nSPS) is 20.9. The second-order valence-electron chi connectivity index (χ2n) is 5.32. The Morgan fingerprint density at radius 1 is 1.48 bits per heavy atom. The topological polar surface area (TPSA) is 67.4 Å². The molecule has 0 unspecified atom stereocenters. The molecule has 0 saturated carbocycles. The molecule has 1 saturated heterocycles. The molecule has 0 spiro atoms. The molecule has 0 bridgehead atoms. The Kier molecular flexibility index (Phi) is 6.85. The average Bonchev–Trinajstić information content (AvgIpc) is 2.55. The van der Waals surface area contributed by atoms with Crippen LogP contribution < -0.4 is 10.6 Å². The number of ether oxygens (including phenoxy) is 1. The molecule has 2 rings (SSSR count). The first-order valence-corrected chi connectivity index (χ1v) is 8.58. The van der Waals surface area contributed by atoms with Crippen LogP contribution >= 0.6 is 11.8 Å². The van der Waals surface area contributed by atoms with Crippen molar-refractivity contribution >= 4 is 23.6 Å². The fraction of sp³-hybridized carbons (Fsp3) is 0.500. The number of amides is 2. The number of halogens is 1. The molecule has 2 amide bonds. The maximum atomic E-state index is 13.7. The molecule has 0 aliphatic carbocycles. The average molecular weight is 340 g/mol. The van der Waals surface area contributed by atoms with Crippen molar-refractivity contribution in [2.75, 3.05) is 26.0 Å². The maximum absolute atomic E-state index is 13.7. The Morgan fingerprint density at radius 3 is 2.96 bits per heavy atom. The lowest BCUT2D eigenvalue weighted by Crippen LogP contribution is -2.54. The van der Waals surface area contributed by atoms with Crippen LogP contribution in [0.1, 0.15) is 12.0 Å². The van der Waals surface area contributed by atoms with Crippen LogP contribution in [0, 0.1) is 5.82 Å². The van der Waals surface area contributed by atoms with Crippen molar-refractivity contribution in [3.63, 3.8) is 0 Å². The van der Waals surface area contributed by atoms with Crippen LogP contribution in [-0.2, 0) is 20.7 Å². The molecule has 2 atom stereocenters. The van der Waals surface area contributed by atoms with Crippen LogP contribution in [0.25, 0.3) is 0 Å². The molecule has 5 nitrogen and oxygen atoms in total. The number of benzene rings is 1. The van der Waals surface area contributed by atoms with Gasteiger partial charge in [-0.15, -0.1) is 11.8 Å². The van der Waals surface area contributed by atoms with E-state index in [2.05, 4.69) is 10.6 Å². The van der Waals surface area contributed by atoms with Crippen LogP contribution in [0.3, 0.4) is 0 Å². The maximum Gasteiger partial charge on any atom is 0.243 e. The summed E-state index contributed by atoms with van der Waals surface area (Å²) in [4.78, 5) is 24.1. The van der Waals surface area contributed by atoms with Crippen molar-refractivity contribution in [3.8, 4) is 0 Å². The molecule has 1 aromatic rings. The van der Waals surface area contributed by atoms with E-state index in [0.29, 0.717) is 30.9 Å². The smallest absolute Gasteiger partial charge is 0.243 e. The summed E-state index contributed by atoms with van der Waals surface area (Å²) in [6.07, 6.45) is 1.05. The van der Waals surface area contributed by atoms with Crippen LogP contribution in [0.5, 0.6) is 0 Å². The third kappa shape index (κ3) is 5.21. The zero-order valence-electron chi connectivity index (χ0n) is 13.0. The van der Waals surface area contributed by atoms with E-state index in [-0.39, 0.29) is 22.9 Å². The van der Waals surface area contributed by atoms with Gasteiger partial charge in [0, 0.05) is 26.0 Å². The molecule has 2 N–H and O–H groups in total. The van der Waals surface area contributed by atoms with Gasteiger partial charge in [0.25, 0.3) is 0 Å². The second kappa shape index (κ2) is 8.88. The summed E-state index contributed by atoms with van der Waals surface area (Å²) in [5.74, 6) is -0.229. The van der Waals surface area contributed by atoms with Crippen molar-refractivity contribution in [3.05, 3.63) is 35.6 Å². The van der Waals surface area contributed by atoms with Crippen LogP contribution in [0.15, 0.2) is 24.3 Å². The summed E-state index contributed by atoms with van der Waals surface area (Å²) in [5.41, 5.74) is 0.516. The van der Waals surface area contributed by atoms with Crippen molar-refractivity contribution < 1.29 is 18.7 Å². The van der Waals surface area contributed by atoms with Gasteiger partial charge in [-0.25, -0.2) is 4.39 Å². The van der Waals surface area contributed by atoms with E-state index < -0.39 is 6.04 Å². The van der Waals surface area contributed by atoms with Gasteiger partial charge in [-0.3, -0.25) is 9.59 Å². The molecule has 1 fully saturated rings. The molecule has 7 heteroatoms. The Labute approximate surface area is 139 Å². The molecular formula is C16H21FN2O3S. The largest absolute Gasteiger partial charge is 0.385 e. The Bertz CT molecular complexity index is 556. The summed E-state index contributed by atoms with van der Waals surface area (Å²) in [5, 5.41) is 5.12. The van der Waals surface area contributed by atoms with E-state index in [1.807, 2.05) is 0 Å². The van der Waals surface area contributed by atoms with Gasteiger partial charge in [0.15, 0.2) is 0 Å². The summed E-state index contributed by atoms with van der Waals surface area (Å²) < 4.78 is 18.6.